The second kappa shape index (κ2) is 15.1. The molecular formula is C28H25Cl3F2N2O7. The molecule has 3 aromatic rings. The lowest BCUT2D eigenvalue weighted by atomic mass is 10.0. The zero-order chi connectivity index (χ0) is 31.0. The molecule has 0 unspecified atom stereocenters. The molecule has 2 aliphatic carbocycles. The van der Waals surface area contributed by atoms with E-state index >= 15 is 0 Å². The van der Waals surface area contributed by atoms with Crippen molar-refractivity contribution in [2.45, 2.75) is 38.0 Å². The number of Topliss-reactive ketones (excluding diaryl/α,β-unsaturated/α-hetero) is 1. The number of methoxy groups -OCH3 is 2. The molecule has 42 heavy (non-hydrogen) atoms. The number of hydrogen-bond donors (Lipinski definition) is 1. The highest BCUT2D eigenvalue weighted by molar-refractivity contribution is 6.70. The molecule has 9 nitrogen and oxygen atoms in total. The third-order valence-electron chi connectivity index (χ3n) is 6.09. The lowest BCUT2D eigenvalue weighted by molar-refractivity contribution is -0.143. The number of carbonyl (C=O) groups excluding carboxylic acids is 3. The Morgan fingerprint density at radius 2 is 1.60 bits per heavy atom. The van der Waals surface area contributed by atoms with E-state index in [1.807, 2.05) is 0 Å². The van der Waals surface area contributed by atoms with E-state index in [9.17, 15) is 23.2 Å². The van der Waals surface area contributed by atoms with Crippen molar-refractivity contribution in [2.75, 3.05) is 14.2 Å². The van der Waals surface area contributed by atoms with Gasteiger partial charge in [-0.05, 0) is 49.9 Å². The molecule has 0 saturated heterocycles. The molecule has 1 aromatic heterocycles. The Hall–Kier alpha value is -3.54. The summed E-state index contributed by atoms with van der Waals surface area (Å²) < 4.78 is 41.2. The van der Waals surface area contributed by atoms with Crippen LogP contribution in [0.4, 0.5) is 8.78 Å². The fourth-order valence-electron chi connectivity index (χ4n) is 3.63. The van der Waals surface area contributed by atoms with Crippen molar-refractivity contribution >= 4 is 57.7 Å². The number of oxime groups is 1. The van der Waals surface area contributed by atoms with E-state index in [2.05, 4.69) is 15.0 Å². The second-order valence-electron chi connectivity index (χ2n) is 9.11. The summed E-state index contributed by atoms with van der Waals surface area (Å²) in [6.45, 7) is 0. The fraction of sp³-hybridized carbons (Fsp3) is 0.321. The molecule has 0 amide bonds. The normalized spacial score (nSPS) is 14.1. The predicted molar refractivity (Wildman–Crippen MR) is 150 cm³/mol. The van der Waals surface area contributed by atoms with Gasteiger partial charge in [0.15, 0.2) is 10.9 Å². The van der Waals surface area contributed by atoms with Gasteiger partial charge in [-0.25, -0.2) is 13.6 Å². The van der Waals surface area contributed by atoms with Crippen LogP contribution in [0.2, 0.25) is 10.0 Å². The Balaban J connectivity index is 0.000000188. The number of hydrogen-bond acceptors (Lipinski definition) is 9. The largest absolute Gasteiger partial charge is 0.469 e. The molecule has 0 aliphatic heterocycles. The lowest BCUT2D eigenvalue weighted by Gasteiger charge is -2.05. The second-order valence-corrected chi connectivity index (χ2v) is 10.3. The van der Waals surface area contributed by atoms with Crippen LogP contribution in [-0.2, 0) is 19.1 Å². The van der Waals surface area contributed by atoms with Gasteiger partial charge in [-0.1, -0.05) is 57.2 Å². The van der Waals surface area contributed by atoms with Gasteiger partial charge in [-0.3, -0.25) is 9.59 Å². The molecule has 0 spiro atoms. The highest BCUT2D eigenvalue weighted by Crippen LogP contribution is 2.45. The maximum atomic E-state index is 14.0. The van der Waals surface area contributed by atoms with E-state index in [4.69, 9.17) is 49.3 Å². The molecule has 1 N–H and O–H groups in total. The topological polar surface area (TPSA) is 128 Å². The van der Waals surface area contributed by atoms with Gasteiger partial charge in [-0.15, -0.1) is 0 Å². The number of rotatable bonds is 7. The van der Waals surface area contributed by atoms with E-state index in [0.717, 1.165) is 25.7 Å². The number of ketones is 1. The van der Waals surface area contributed by atoms with E-state index < -0.39 is 23.6 Å². The Kier molecular flexibility index (Phi) is 11.8. The van der Waals surface area contributed by atoms with Crippen LogP contribution in [0.25, 0.3) is 11.3 Å². The average molecular weight is 646 g/mol. The SMILES string of the molecule is COC(=O)CC(=O)C1CC1.COC(=O)c1c(-c2c(F)cccc2Cl)noc1C1CC1.O/N=C(\Cl)c1c(F)cccc1Cl. The van der Waals surface area contributed by atoms with Crippen LogP contribution in [0.1, 0.15) is 59.7 Å². The number of halogens is 5. The van der Waals surface area contributed by atoms with Crippen LogP contribution in [0.5, 0.6) is 0 Å². The monoisotopic (exact) mass is 644 g/mol. The van der Waals surface area contributed by atoms with Crippen molar-refractivity contribution in [1.29, 1.82) is 0 Å². The van der Waals surface area contributed by atoms with Gasteiger partial charge in [0.1, 0.15) is 35.1 Å². The minimum Gasteiger partial charge on any atom is -0.469 e. The van der Waals surface area contributed by atoms with Crippen molar-refractivity contribution in [2.24, 2.45) is 11.1 Å². The minimum absolute atomic E-state index is 0.0341. The summed E-state index contributed by atoms with van der Waals surface area (Å²) in [5.41, 5.74) is 0.234. The average Bonchev–Trinajstić information content (AvgIpc) is 3.91. The van der Waals surface area contributed by atoms with Gasteiger partial charge < -0.3 is 19.2 Å². The van der Waals surface area contributed by atoms with Gasteiger partial charge in [0.25, 0.3) is 0 Å². The first-order valence-corrected chi connectivity index (χ1v) is 13.6. The van der Waals surface area contributed by atoms with Crippen LogP contribution in [0.15, 0.2) is 46.1 Å². The standard InChI is InChI=1S/C14H11ClFNO3.C7H4Cl2FNO.C7H10O3/c1-19-14(18)11-12(17-20-13(11)7-5-6-7)10-8(15)3-2-4-9(10)16;8-4-2-1-3-5(10)6(4)7(9)11-12;1-10-7(9)4-6(8)5-2-3-5/h2-4,7H,5-6H2,1H3;1-3,12H;5H,2-4H2,1H3/b;11-7-;. The molecule has 224 valence electrons. The predicted octanol–water partition coefficient (Wildman–Crippen LogP) is 7.18. The molecule has 14 heteroatoms. The molecule has 0 atom stereocenters. The number of carbonyl (C=O) groups is 3. The molecule has 2 saturated carbocycles. The van der Waals surface area contributed by atoms with Gasteiger partial charge in [-0.2, -0.15) is 0 Å². The molecule has 2 fully saturated rings. The van der Waals surface area contributed by atoms with Crippen molar-refractivity contribution in [3.05, 3.63) is 75.0 Å². The highest BCUT2D eigenvalue weighted by Gasteiger charge is 2.37. The van der Waals surface area contributed by atoms with E-state index in [1.54, 1.807) is 0 Å². The number of benzene rings is 2. The first kappa shape index (κ1) is 33.0. The number of nitrogens with zero attached hydrogens (tertiary/aromatic N) is 2. The summed E-state index contributed by atoms with van der Waals surface area (Å²) >= 11 is 17.0. The summed E-state index contributed by atoms with van der Waals surface area (Å²) in [6, 6.07) is 8.34. The number of ether oxygens (including phenoxy) is 2. The van der Waals surface area contributed by atoms with Crippen LogP contribution in [0, 0.1) is 17.6 Å². The first-order valence-electron chi connectivity index (χ1n) is 12.5. The van der Waals surface area contributed by atoms with Gasteiger partial charge in [0.2, 0.25) is 0 Å². The maximum absolute atomic E-state index is 14.0. The minimum atomic E-state index is -0.620. The summed E-state index contributed by atoms with van der Waals surface area (Å²) in [6.07, 6.45) is 3.71. The Bertz CT molecular complexity index is 1450. The number of esters is 2. The highest BCUT2D eigenvalue weighted by atomic mass is 35.5. The number of aromatic nitrogens is 1. The first-order chi connectivity index (χ1) is 20.0. The van der Waals surface area contributed by atoms with Crippen molar-refractivity contribution in [3.63, 3.8) is 0 Å². The lowest BCUT2D eigenvalue weighted by Crippen LogP contribution is -2.10. The Morgan fingerprint density at radius 3 is 2.10 bits per heavy atom. The summed E-state index contributed by atoms with van der Waals surface area (Å²) in [7, 11) is 2.56. The third kappa shape index (κ3) is 8.50. The van der Waals surface area contributed by atoms with E-state index in [-0.39, 0.29) is 61.6 Å². The molecule has 2 aliphatic rings. The zero-order valence-corrected chi connectivity index (χ0v) is 24.6. The molecule has 5 rings (SSSR count). The van der Waals surface area contributed by atoms with Crippen molar-refractivity contribution < 1.29 is 42.4 Å². The van der Waals surface area contributed by atoms with Crippen LogP contribution in [0.3, 0.4) is 0 Å². The van der Waals surface area contributed by atoms with Gasteiger partial charge in [0.05, 0.1) is 35.4 Å². The summed E-state index contributed by atoms with van der Waals surface area (Å²) in [5.74, 6) is -1.39. The molecule has 0 radical (unpaired) electrons. The maximum Gasteiger partial charge on any atom is 0.343 e. The van der Waals surface area contributed by atoms with Crippen molar-refractivity contribution in [3.8, 4) is 11.3 Å². The summed E-state index contributed by atoms with van der Waals surface area (Å²) in [4.78, 5) is 33.3. The Morgan fingerprint density at radius 1 is 0.976 bits per heavy atom. The Labute approximate surface area is 254 Å². The fourth-order valence-corrected chi connectivity index (χ4v) is 4.38. The van der Waals surface area contributed by atoms with Crippen LogP contribution in [-0.4, -0.2) is 47.5 Å². The molecule has 0 bridgehead atoms. The van der Waals surface area contributed by atoms with Gasteiger partial charge in [0, 0.05) is 11.8 Å². The smallest absolute Gasteiger partial charge is 0.343 e. The van der Waals surface area contributed by atoms with E-state index in [0.29, 0.717) is 5.76 Å². The zero-order valence-electron chi connectivity index (χ0n) is 22.3. The van der Waals surface area contributed by atoms with Gasteiger partial charge >= 0.3 is 11.9 Å². The molecular weight excluding hydrogens is 621 g/mol. The molecule has 2 aromatic carbocycles. The molecule has 1 heterocycles. The van der Waals surface area contributed by atoms with E-state index in [1.165, 1.54) is 50.6 Å². The summed E-state index contributed by atoms with van der Waals surface area (Å²) in [5, 5.41) is 14.7. The van der Waals surface area contributed by atoms with Crippen molar-refractivity contribution in [1.82, 2.24) is 5.16 Å². The third-order valence-corrected chi connectivity index (χ3v) is 6.99. The van der Waals surface area contributed by atoms with Crippen LogP contribution < -0.4 is 0 Å². The van der Waals surface area contributed by atoms with Crippen LogP contribution >= 0.6 is 34.8 Å². The quantitative estimate of drug-likeness (QED) is 0.0941.